The number of aliphatic hydroxyl groups is 1. The highest BCUT2D eigenvalue weighted by molar-refractivity contribution is 5.84. The fourth-order valence-corrected chi connectivity index (χ4v) is 0.436. The second-order valence-electron chi connectivity index (χ2n) is 1.90. The van der Waals surface area contributed by atoms with Crippen LogP contribution < -0.4 is 0 Å². The third-order valence-corrected chi connectivity index (χ3v) is 0.961. The quantitative estimate of drug-likeness (QED) is 0.639. The lowest BCUT2D eigenvalue weighted by molar-refractivity contribution is -0.203. The minimum atomic E-state index is -4.86. The summed E-state index contributed by atoms with van der Waals surface area (Å²) in [5.74, 6) is -1.28. The smallest absolute Gasteiger partial charge is 0.377 e. The molecule has 0 amide bonds. The number of carbonyl (C=O) groups excluding carboxylic acids is 1. The van der Waals surface area contributed by atoms with Gasteiger partial charge in [-0.3, -0.25) is 4.79 Å². The predicted molar refractivity (Wildman–Crippen MR) is 31.9 cm³/mol. The van der Waals surface area contributed by atoms with Crippen LogP contribution >= 0.6 is 0 Å². The number of carbonyl (C=O) groups is 1. The van der Waals surface area contributed by atoms with Crippen LogP contribution in [0, 0.1) is 0 Å². The average molecular weight is 168 g/mol. The van der Waals surface area contributed by atoms with Crippen molar-refractivity contribution in [2.24, 2.45) is 0 Å². The Hall–Kier alpha value is -0.840. The van der Waals surface area contributed by atoms with Crippen molar-refractivity contribution in [2.75, 3.05) is 0 Å². The van der Waals surface area contributed by atoms with Crippen molar-refractivity contribution in [3.63, 3.8) is 0 Å². The van der Waals surface area contributed by atoms with Crippen LogP contribution in [0.1, 0.15) is 6.42 Å². The highest BCUT2D eigenvalue weighted by Crippen LogP contribution is 2.21. The Morgan fingerprint density at radius 1 is 1.64 bits per heavy atom. The van der Waals surface area contributed by atoms with Crippen molar-refractivity contribution in [3.05, 3.63) is 12.7 Å². The molecule has 0 bridgehead atoms. The highest BCUT2D eigenvalue weighted by Gasteiger charge is 2.42. The van der Waals surface area contributed by atoms with Gasteiger partial charge in [-0.15, -0.1) is 6.58 Å². The Bertz CT molecular complexity index is 162. The van der Waals surface area contributed by atoms with E-state index in [2.05, 4.69) is 6.58 Å². The molecule has 0 radical (unpaired) electrons. The number of allylic oxidation sites excluding steroid dienone is 1. The number of aliphatic hydroxyl groups excluding tert-OH is 1. The predicted octanol–water partition coefficient (Wildman–Crippen LogP) is 1.05. The second-order valence-corrected chi connectivity index (χ2v) is 1.90. The van der Waals surface area contributed by atoms with Crippen LogP contribution in [0.3, 0.4) is 0 Å². The Morgan fingerprint density at radius 3 is 2.36 bits per heavy atom. The molecule has 1 N–H and O–H groups in total. The van der Waals surface area contributed by atoms with Gasteiger partial charge < -0.3 is 5.11 Å². The molecule has 0 aromatic heterocycles. The first-order valence-corrected chi connectivity index (χ1v) is 2.78. The molecule has 0 aliphatic heterocycles. The maximum atomic E-state index is 11.5. The van der Waals surface area contributed by atoms with E-state index in [1.54, 1.807) is 0 Å². The molecule has 0 aliphatic rings. The van der Waals surface area contributed by atoms with Crippen molar-refractivity contribution < 1.29 is 23.1 Å². The number of alkyl halides is 3. The molecule has 0 rings (SSSR count). The van der Waals surface area contributed by atoms with Crippen LogP contribution in [0.2, 0.25) is 0 Å². The molecule has 0 spiro atoms. The van der Waals surface area contributed by atoms with E-state index in [-0.39, 0.29) is 0 Å². The van der Waals surface area contributed by atoms with Gasteiger partial charge in [-0.2, -0.15) is 13.2 Å². The molecular formula is C6H7F3O2. The minimum Gasteiger partial charge on any atom is -0.377 e. The molecule has 1 unspecified atom stereocenters. The summed E-state index contributed by atoms with van der Waals surface area (Å²) in [6, 6.07) is 0. The third-order valence-electron chi connectivity index (χ3n) is 0.961. The summed E-state index contributed by atoms with van der Waals surface area (Å²) in [6.07, 6.45) is -7.20. The van der Waals surface area contributed by atoms with E-state index in [1.807, 2.05) is 0 Å². The normalized spacial score (nSPS) is 14.2. The van der Waals surface area contributed by atoms with Crippen molar-refractivity contribution in [2.45, 2.75) is 18.7 Å². The molecule has 0 fully saturated rings. The summed E-state index contributed by atoms with van der Waals surface area (Å²) in [6.45, 7) is 3.07. The van der Waals surface area contributed by atoms with E-state index in [4.69, 9.17) is 5.11 Å². The first-order valence-electron chi connectivity index (χ1n) is 2.78. The van der Waals surface area contributed by atoms with Gasteiger partial charge in [0.15, 0.2) is 5.78 Å². The molecule has 0 heterocycles. The maximum Gasteiger partial charge on any atom is 0.421 e. The number of hydrogen-bond acceptors (Lipinski definition) is 2. The maximum absolute atomic E-state index is 11.5. The van der Waals surface area contributed by atoms with Crippen LogP contribution in [-0.4, -0.2) is 23.2 Å². The third kappa shape index (κ3) is 3.18. The van der Waals surface area contributed by atoms with Crippen LogP contribution in [0.25, 0.3) is 0 Å². The number of hydrogen-bond donors (Lipinski definition) is 1. The van der Waals surface area contributed by atoms with Crippen molar-refractivity contribution in [1.29, 1.82) is 0 Å². The topological polar surface area (TPSA) is 37.3 Å². The van der Waals surface area contributed by atoms with Crippen molar-refractivity contribution in [3.8, 4) is 0 Å². The zero-order valence-corrected chi connectivity index (χ0v) is 5.56. The zero-order chi connectivity index (χ0) is 9.07. The molecule has 0 saturated heterocycles. The van der Waals surface area contributed by atoms with E-state index < -0.39 is 24.5 Å². The summed E-state index contributed by atoms with van der Waals surface area (Å²) >= 11 is 0. The lowest BCUT2D eigenvalue weighted by Crippen LogP contribution is -2.35. The molecular weight excluding hydrogens is 161 g/mol. The fraction of sp³-hybridized carbons (Fsp3) is 0.500. The van der Waals surface area contributed by atoms with Crippen LogP contribution in [-0.2, 0) is 4.79 Å². The van der Waals surface area contributed by atoms with E-state index in [1.165, 1.54) is 0 Å². The molecule has 64 valence electrons. The van der Waals surface area contributed by atoms with Gasteiger partial charge in [0.25, 0.3) is 0 Å². The van der Waals surface area contributed by atoms with Crippen LogP contribution in [0.4, 0.5) is 13.2 Å². The SMILES string of the molecule is C=CCC(=O)C(O)C(F)(F)F. The number of Topliss-reactive ketones (excluding diaryl/α,β-unsaturated/α-hetero) is 1. The van der Waals surface area contributed by atoms with E-state index in [0.717, 1.165) is 6.08 Å². The zero-order valence-electron chi connectivity index (χ0n) is 5.56. The molecule has 0 saturated carbocycles. The summed E-state index contributed by atoms with van der Waals surface area (Å²) in [5, 5.41) is 8.26. The molecule has 0 aromatic rings. The van der Waals surface area contributed by atoms with Gasteiger partial charge in [-0.05, 0) is 0 Å². The van der Waals surface area contributed by atoms with Gasteiger partial charge >= 0.3 is 6.18 Å². The molecule has 0 aromatic carbocycles. The number of halogens is 3. The standard InChI is InChI=1S/C6H7F3O2/c1-2-3-4(10)5(11)6(7,8)9/h2,5,11H,1,3H2. The summed E-state index contributed by atoms with van der Waals surface area (Å²) in [5.41, 5.74) is 0. The minimum absolute atomic E-state index is 0.472. The van der Waals surface area contributed by atoms with Gasteiger partial charge in [0, 0.05) is 6.42 Å². The highest BCUT2D eigenvalue weighted by atomic mass is 19.4. The van der Waals surface area contributed by atoms with Crippen LogP contribution in [0.15, 0.2) is 12.7 Å². The summed E-state index contributed by atoms with van der Waals surface area (Å²) in [4.78, 5) is 10.3. The number of ketones is 1. The van der Waals surface area contributed by atoms with E-state index in [0.29, 0.717) is 0 Å². The molecule has 1 atom stereocenters. The monoisotopic (exact) mass is 168 g/mol. The number of rotatable bonds is 3. The molecule has 0 aliphatic carbocycles. The Labute approximate surface area is 61.3 Å². The summed E-state index contributed by atoms with van der Waals surface area (Å²) < 4.78 is 34.6. The van der Waals surface area contributed by atoms with Crippen LogP contribution in [0.5, 0.6) is 0 Å². The Balaban J connectivity index is 4.13. The first-order chi connectivity index (χ1) is 4.89. The van der Waals surface area contributed by atoms with Gasteiger partial charge in [0.05, 0.1) is 0 Å². The largest absolute Gasteiger partial charge is 0.421 e. The van der Waals surface area contributed by atoms with E-state index in [9.17, 15) is 18.0 Å². The van der Waals surface area contributed by atoms with E-state index >= 15 is 0 Å². The second kappa shape index (κ2) is 3.52. The van der Waals surface area contributed by atoms with Gasteiger partial charge in [0.2, 0.25) is 6.10 Å². The van der Waals surface area contributed by atoms with Crippen molar-refractivity contribution in [1.82, 2.24) is 0 Å². The van der Waals surface area contributed by atoms with Gasteiger partial charge in [0.1, 0.15) is 0 Å². The van der Waals surface area contributed by atoms with Gasteiger partial charge in [-0.25, -0.2) is 0 Å². The first kappa shape index (κ1) is 10.2. The van der Waals surface area contributed by atoms with Crippen molar-refractivity contribution >= 4 is 5.78 Å². The average Bonchev–Trinajstić information content (AvgIpc) is 1.85. The Morgan fingerprint density at radius 2 is 2.09 bits per heavy atom. The fourth-order valence-electron chi connectivity index (χ4n) is 0.436. The summed E-state index contributed by atoms with van der Waals surface area (Å²) in [7, 11) is 0. The molecule has 11 heavy (non-hydrogen) atoms. The molecule has 2 nitrogen and oxygen atoms in total. The van der Waals surface area contributed by atoms with Gasteiger partial charge in [-0.1, -0.05) is 6.08 Å². The Kier molecular flexibility index (Phi) is 3.25. The lowest BCUT2D eigenvalue weighted by atomic mass is 10.1. The molecule has 5 heteroatoms. The lowest BCUT2D eigenvalue weighted by Gasteiger charge is -2.11.